The highest BCUT2D eigenvalue weighted by Crippen LogP contribution is 2.27. The van der Waals surface area contributed by atoms with Crippen molar-refractivity contribution in [3.05, 3.63) is 105 Å². The monoisotopic (exact) mass is 419 g/mol. The van der Waals surface area contributed by atoms with Crippen LogP contribution in [0.15, 0.2) is 72.8 Å². The van der Waals surface area contributed by atoms with E-state index in [0.717, 1.165) is 16.7 Å². The Labute approximate surface area is 170 Å². The summed E-state index contributed by atoms with van der Waals surface area (Å²) in [7, 11) is -3.63. The average Bonchev–Trinajstić information content (AvgIpc) is 2.64. The maximum atomic E-state index is 12.9. The molecule has 3 aromatic carbocycles. The quantitative estimate of drug-likeness (QED) is 0.572. The van der Waals surface area contributed by atoms with Crippen LogP contribution in [0.4, 0.5) is 0 Å². The number of hydrogen-bond donors (Lipinski definition) is 1. The van der Waals surface area contributed by atoms with E-state index in [1.807, 2.05) is 61.5 Å². The summed E-state index contributed by atoms with van der Waals surface area (Å²) in [4.78, 5) is 0. The minimum absolute atomic E-state index is 0.181. The molecule has 0 fully saturated rings. The molecule has 3 rings (SSSR count). The first-order chi connectivity index (χ1) is 12.9. The summed E-state index contributed by atoms with van der Waals surface area (Å²) < 4.78 is 28.6. The molecule has 1 unspecified atom stereocenters. The van der Waals surface area contributed by atoms with Crippen LogP contribution in [0, 0.1) is 6.92 Å². The van der Waals surface area contributed by atoms with Crippen molar-refractivity contribution in [2.45, 2.75) is 18.7 Å². The summed E-state index contributed by atoms with van der Waals surface area (Å²) in [6.07, 6.45) is 0. The molecule has 0 heterocycles. The second-order valence-electron chi connectivity index (χ2n) is 6.33. The third-order valence-electron chi connectivity index (χ3n) is 4.27. The summed E-state index contributed by atoms with van der Waals surface area (Å²) in [5.74, 6) is -0.181. The van der Waals surface area contributed by atoms with E-state index < -0.39 is 16.1 Å². The van der Waals surface area contributed by atoms with Crippen LogP contribution < -0.4 is 4.72 Å². The molecule has 0 aliphatic heterocycles. The highest BCUT2D eigenvalue weighted by atomic mass is 35.5. The lowest BCUT2D eigenvalue weighted by Crippen LogP contribution is -2.31. The van der Waals surface area contributed by atoms with Gasteiger partial charge in [-0.2, -0.15) is 0 Å². The standard InChI is InChI=1S/C21H19Cl2NO2S/c1-15-7-5-6-10-18(15)21(17-8-3-2-4-9-17)24-27(25,26)14-16-11-12-19(22)20(23)13-16/h2-13,21,24H,14H2,1H3. The maximum absolute atomic E-state index is 12.9. The Morgan fingerprint density at radius 1 is 0.889 bits per heavy atom. The van der Waals surface area contributed by atoms with Crippen molar-refractivity contribution in [2.24, 2.45) is 0 Å². The van der Waals surface area contributed by atoms with Gasteiger partial charge in [0, 0.05) is 0 Å². The van der Waals surface area contributed by atoms with Crippen LogP contribution in [-0.2, 0) is 15.8 Å². The van der Waals surface area contributed by atoms with Crippen molar-refractivity contribution in [2.75, 3.05) is 0 Å². The lowest BCUT2D eigenvalue weighted by Gasteiger charge is -2.21. The van der Waals surface area contributed by atoms with Gasteiger partial charge in [-0.05, 0) is 41.3 Å². The van der Waals surface area contributed by atoms with Gasteiger partial charge in [0.2, 0.25) is 10.0 Å². The lowest BCUT2D eigenvalue weighted by atomic mass is 9.96. The summed E-state index contributed by atoms with van der Waals surface area (Å²) >= 11 is 11.9. The number of benzene rings is 3. The third kappa shape index (κ3) is 5.11. The topological polar surface area (TPSA) is 46.2 Å². The van der Waals surface area contributed by atoms with Gasteiger partial charge >= 0.3 is 0 Å². The fourth-order valence-corrected chi connectivity index (χ4v) is 4.58. The first kappa shape index (κ1) is 19.9. The molecule has 0 amide bonds. The Kier molecular flexibility index (Phi) is 6.22. The number of nitrogens with one attached hydrogen (secondary N) is 1. The molecule has 0 radical (unpaired) electrons. The SMILES string of the molecule is Cc1ccccc1C(NS(=O)(=O)Cc1ccc(Cl)c(Cl)c1)c1ccccc1. The van der Waals surface area contributed by atoms with Crippen LogP contribution in [-0.4, -0.2) is 8.42 Å². The van der Waals surface area contributed by atoms with E-state index in [4.69, 9.17) is 23.2 Å². The lowest BCUT2D eigenvalue weighted by molar-refractivity contribution is 0.571. The molecule has 1 N–H and O–H groups in total. The number of sulfonamides is 1. The second kappa shape index (κ2) is 8.44. The van der Waals surface area contributed by atoms with E-state index in [-0.39, 0.29) is 5.75 Å². The van der Waals surface area contributed by atoms with Gasteiger partial charge in [0.05, 0.1) is 21.8 Å². The minimum atomic E-state index is -3.63. The third-order valence-corrected chi connectivity index (χ3v) is 6.32. The first-order valence-corrected chi connectivity index (χ1v) is 10.8. The van der Waals surface area contributed by atoms with Gasteiger partial charge in [0.1, 0.15) is 0 Å². The second-order valence-corrected chi connectivity index (χ2v) is 8.89. The van der Waals surface area contributed by atoms with Crippen LogP contribution in [0.5, 0.6) is 0 Å². The molecule has 3 nitrogen and oxygen atoms in total. The predicted molar refractivity (Wildman–Crippen MR) is 112 cm³/mol. The summed E-state index contributed by atoms with van der Waals surface area (Å²) in [5.41, 5.74) is 3.39. The Hall–Kier alpha value is -1.85. The van der Waals surface area contributed by atoms with Gasteiger partial charge in [-0.3, -0.25) is 0 Å². The van der Waals surface area contributed by atoms with Crippen LogP contribution >= 0.6 is 23.2 Å². The highest BCUT2D eigenvalue weighted by molar-refractivity contribution is 7.88. The van der Waals surface area contributed by atoms with Gasteiger partial charge in [-0.15, -0.1) is 0 Å². The number of aryl methyl sites for hydroxylation is 1. The minimum Gasteiger partial charge on any atom is -0.212 e. The van der Waals surface area contributed by atoms with Gasteiger partial charge in [-0.1, -0.05) is 83.9 Å². The normalized spacial score (nSPS) is 12.7. The Morgan fingerprint density at radius 2 is 1.56 bits per heavy atom. The van der Waals surface area contributed by atoms with Gasteiger partial charge in [0.15, 0.2) is 0 Å². The van der Waals surface area contributed by atoms with E-state index in [2.05, 4.69) is 4.72 Å². The number of rotatable bonds is 6. The zero-order valence-corrected chi connectivity index (χ0v) is 17.0. The van der Waals surface area contributed by atoms with Crippen molar-refractivity contribution >= 4 is 33.2 Å². The average molecular weight is 420 g/mol. The molecule has 0 spiro atoms. The molecule has 0 aliphatic carbocycles. The molecule has 0 aliphatic rings. The Balaban J connectivity index is 1.93. The van der Waals surface area contributed by atoms with Crippen LogP contribution in [0.1, 0.15) is 28.3 Å². The molecular weight excluding hydrogens is 401 g/mol. The smallest absolute Gasteiger partial charge is 0.212 e. The zero-order chi connectivity index (χ0) is 19.4. The van der Waals surface area contributed by atoms with Gasteiger partial charge in [0.25, 0.3) is 0 Å². The predicted octanol–water partition coefficient (Wildman–Crippen LogP) is 5.51. The van der Waals surface area contributed by atoms with Crippen molar-refractivity contribution in [1.82, 2.24) is 4.72 Å². The summed E-state index contributed by atoms with van der Waals surface area (Å²) in [5, 5.41) is 0.732. The fourth-order valence-electron chi connectivity index (χ4n) is 2.94. The first-order valence-electron chi connectivity index (χ1n) is 8.40. The molecule has 27 heavy (non-hydrogen) atoms. The number of hydrogen-bond acceptors (Lipinski definition) is 2. The molecule has 6 heteroatoms. The Bertz CT molecular complexity index is 1040. The molecule has 1 atom stereocenters. The fraction of sp³-hybridized carbons (Fsp3) is 0.143. The molecular formula is C21H19Cl2NO2S. The van der Waals surface area contributed by atoms with Gasteiger partial charge in [-0.25, -0.2) is 13.1 Å². The van der Waals surface area contributed by atoms with Crippen molar-refractivity contribution in [1.29, 1.82) is 0 Å². The van der Waals surface area contributed by atoms with E-state index >= 15 is 0 Å². The maximum Gasteiger partial charge on any atom is 0.216 e. The van der Waals surface area contributed by atoms with Crippen molar-refractivity contribution in [3.8, 4) is 0 Å². The number of halogens is 2. The van der Waals surface area contributed by atoms with Crippen molar-refractivity contribution in [3.63, 3.8) is 0 Å². The van der Waals surface area contributed by atoms with Crippen LogP contribution in [0.3, 0.4) is 0 Å². The molecule has 0 saturated carbocycles. The van der Waals surface area contributed by atoms with E-state index in [1.54, 1.807) is 18.2 Å². The van der Waals surface area contributed by atoms with Crippen LogP contribution in [0.2, 0.25) is 10.0 Å². The highest BCUT2D eigenvalue weighted by Gasteiger charge is 2.23. The molecule has 0 saturated heterocycles. The largest absolute Gasteiger partial charge is 0.216 e. The summed E-state index contributed by atoms with van der Waals surface area (Å²) in [6, 6.07) is 21.7. The molecule has 3 aromatic rings. The zero-order valence-electron chi connectivity index (χ0n) is 14.7. The van der Waals surface area contributed by atoms with Gasteiger partial charge < -0.3 is 0 Å². The van der Waals surface area contributed by atoms with E-state index in [9.17, 15) is 8.42 Å². The molecule has 0 aromatic heterocycles. The van der Waals surface area contributed by atoms with Crippen LogP contribution in [0.25, 0.3) is 0 Å². The molecule has 140 valence electrons. The molecule has 0 bridgehead atoms. The van der Waals surface area contributed by atoms with E-state index in [0.29, 0.717) is 15.6 Å². The van der Waals surface area contributed by atoms with E-state index in [1.165, 1.54) is 0 Å². The van der Waals surface area contributed by atoms with Crippen molar-refractivity contribution < 1.29 is 8.42 Å². The summed E-state index contributed by atoms with van der Waals surface area (Å²) in [6.45, 7) is 1.97. The Morgan fingerprint density at radius 3 is 2.22 bits per heavy atom.